The smallest absolute Gasteiger partial charge is 0.293 e. The summed E-state index contributed by atoms with van der Waals surface area (Å²) in [6.45, 7) is 6.41. The summed E-state index contributed by atoms with van der Waals surface area (Å²) in [7, 11) is 0. The molecule has 4 heterocycles. The number of hydrogen-bond donors (Lipinski definition) is 0. The Balaban J connectivity index is 1.50. The van der Waals surface area contributed by atoms with Crippen LogP contribution in [0.5, 0.6) is 0 Å². The molecule has 0 N–H and O–H groups in total. The van der Waals surface area contributed by atoms with Crippen LogP contribution in [0.4, 0.5) is 5.82 Å². The molecule has 1 saturated heterocycles. The SMILES string of the molecule is Cc1cc(C)n2nc(C(=O)N3CCN(c4cnccn4)CC3)nc2n1. The lowest BCUT2D eigenvalue weighted by Gasteiger charge is -2.34. The number of hydrogen-bond acceptors (Lipinski definition) is 7. The maximum Gasteiger partial charge on any atom is 0.293 e. The fourth-order valence-corrected chi connectivity index (χ4v) is 2.99. The maximum absolute atomic E-state index is 12.7. The summed E-state index contributed by atoms with van der Waals surface area (Å²) >= 11 is 0. The van der Waals surface area contributed by atoms with Crippen LogP contribution < -0.4 is 4.90 Å². The highest BCUT2D eigenvalue weighted by Crippen LogP contribution is 2.13. The summed E-state index contributed by atoms with van der Waals surface area (Å²) in [6.07, 6.45) is 5.05. The highest BCUT2D eigenvalue weighted by atomic mass is 16.2. The van der Waals surface area contributed by atoms with E-state index < -0.39 is 0 Å². The van der Waals surface area contributed by atoms with Crippen molar-refractivity contribution in [2.24, 2.45) is 0 Å². The number of fused-ring (bicyclic) bond motifs is 1. The van der Waals surface area contributed by atoms with Gasteiger partial charge in [0.15, 0.2) is 0 Å². The van der Waals surface area contributed by atoms with Gasteiger partial charge in [-0.2, -0.15) is 4.98 Å². The molecule has 3 aromatic rings. The second-order valence-corrected chi connectivity index (χ2v) is 6.03. The molecule has 9 heteroatoms. The highest BCUT2D eigenvalue weighted by Gasteiger charge is 2.26. The van der Waals surface area contributed by atoms with E-state index in [1.54, 1.807) is 28.0 Å². The van der Waals surface area contributed by atoms with Crippen LogP contribution in [0.25, 0.3) is 5.78 Å². The Hall–Kier alpha value is -3.10. The van der Waals surface area contributed by atoms with Gasteiger partial charge in [0, 0.05) is 50.0 Å². The zero-order valence-electron chi connectivity index (χ0n) is 14.1. The Morgan fingerprint density at radius 2 is 1.88 bits per heavy atom. The Morgan fingerprint density at radius 1 is 1.08 bits per heavy atom. The Bertz CT molecular complexity index is 915. The monoisotopic (exact) mass is 338 g/mol. The van der Waals surface area contributed by atoms with Crippen molar-refractivity contribution in [1.29, 1.82) is 0 Å². The van der Waals surface area contributed by atoms with E-state index in [0.717, 1.165) is 17.2 Å². The van der Waals surface area contributed by atoms with E-state index in [9.17, 15) is 4.79 Å². The number of rotatable bonds is 2. The summed E-state index contributed by atoms with van der Waals surface area (Å²) in [4.78, 5) is 33.6. The van der Waals surface area contributed by atoms with E-state index in [0.29, 0.717) is 32.0 Å². The van der Waals surface area contributed by atoms with Crippen molar-refractivity contribution >= 4 is 17.5 Å². The van der Waals surface area contributed by atoms with Crippen molar-refractivity contribution in [3.8, 4) is 0 Å². The molecule has 0 bridgehead atoms. The van der Waals surface area contributed by atoms with Crippen LogP contribution >= 0.6 is 0 Å². The molecule has 9 nitrogen and oxygen atoms in total. The molecule has 4 rings (SSSR count). The van der Waals surface area contributed by atoms with Gasteiger partial charge in [-0.3, -0.25) is 9.78 Å². The average molecular weight is 338 g/mol. The number of carbonyl (C=O) groups is 1. The van der Waals surface area contributed by atoms with Crippen molar-refractivity contribution < 1.29 is 4.79 Å². The third-order valence-electron chi connectivity index (χ3n) is 4.25. The van der Waals surface area contributed by atoms with Crippen LogP contribution in [0.15, 0.2) is 24.7 Å². The van der Waals surface area contributed by atoms with Gasteiger partial charge in [0.1, 0.15) is 5.82 Å². The van der Waals surface area contributed by atoms with E-state index in [4.69, 9.17) is 0 Å². The van der Waals surface area contributed by atoms with Crippen molar-refractivity contribution in [3.63, 3.8) is 0 Å². The first-order valence-electron chi connectivity index (χ1n) is 8.13. The quantitative estimate of drug-likeness (QED) is 0.671. The van der Waals surface area contributed by atoms with Crippen LogP contribution in [0.1, 0.15) is 22.0 Å². The summed E-state index contributed by atoms with van der Waals surface area (Å²) in [5.41, 5.74) is 1.76. The molecular formula is C16H18N8O. The minimum atomic E-state index is -0.165. The van der Waals surface area contributed by atoms with Crippen LogP contribution in [0.2, 0.25) is 0 Å². The van der Waals surface area contributed by atoms with E-state index in [-0.39, 0.29) is 11.7 Å². The van der Waals surface area contributed by atoms with Gasteiger partial charge in [-0.05, 0) is 19.9 Å². The van der Waals surface area contributed by atoms with Crippen molar-refractivity contribution in [1.82, 2.24) is 34.4 Å². The lowest BCUT2D eigenvalue weighted by atomic mass is 10.3. The van der Waals surface area contributed by atoms with Gasteiger partial charge in [0.05, 0.1) is 6.20 Å². The molecule has 0 saturated carbocycles. The van der Waals surface area contributed by atoms with Crippen LogP contribution in [0.3, 0.4) is 0 Å². The van der Waals surface area contributed by atoms with E-state index in [2.05, 4.69) is 29.9 Å². The van der Waals surface area contributed by atoms with Gasteiger partial charge >= 0.3 is 0 Å². The number of amides is 1. The molecule has 1 fully saturated rings. The summed E-state index contributed by atoms with van der Waals surface area (Å²) in [5.74, 6) is 1.31. The van der Waals surface area contributed by atoms with Gasteiger partial charge < -0.3 is 9.80 Å². The number of aryl methyl sites for hydroxylation is 2. The number of nitrogens with zero attached hydrogens (tertiary/aromatic N) is 8. The number of piperazine rings is 1. The van der Waals surface area contributed by atoms with Gasteiger partial charge in [0.25, 0.3) is 11.7 Å². The summed E-state index contributed by atoms with van der Waals surface area (Å²) in [6, 6.07) is 1.91. The van der Waals surface area contributed by atoms with Crippen LogP contribution in [0, 0.1) is 13.8 Å². The molecule has 25 heavy (non-hydrogen) atoms. The van der Waals surface area contributed by atoms with Crippen molar-refractivity contribution in [3.05, 3.63) is 41.9 Å². The zero-order valence-corrected chi connectivity index (χ0v) is 14.1. The number of carbonyl (C=O) groups excluding carboxylic acids is 1. The first-order chi connectivity index (χ1) is 12.1. The van der Waals surface area contributed by atoms with E-state index >= 15 is 0 Å². The van der Waals surface area contributed by atoms with Gasteiger partial charge in [-0.15, -0.1) is 5.10 Å². The molecule has 3 aromatic heterocycles. The fraction of sp³-hybridized carbons (Fsp3) is 0.375. The number of anilines is 1. The first kappa shape index (κ1) is 15.4. The predicted molar refractivity (Wildman–Crippen MR) is 90.4 cm³/mol. The predicted octanol–water partition coefficient (Wildman–Crippen LogP) is 0.494. The Morgan fingerprint density at radius 3 is 2.60 bits per heavy atom. The Labute approximate surface area is 144 Å². The van der Waals surface area contributed by atoms with Crippen LogP contribution in [-0.2, 0) is 0 Å². The van der Waals surface area contributed by atoms with Gasteiger partial charge in [-0.1, -0.05) is 0 Å². The minimum absolute atomic E-state index is 0.165. The molecule has 1 aliphatic rings. The second kappa shape index (κ2) is 6.08. The third-order valence-corrected chi connectivity index (χ3v) is 4.25. The van der Waals surface area contributed by atoms with E-state index in [1.807, 2.05) is 19.9 Å². The van der Waals surface area contributed by atoms with Crippen molar-refractivity contribution in [2.75, 3.05) is 31.1 Å². The molecule has 1 aliphatic heterocycles. The molecular weight excluding hydrogens is 320 g/mol. The van der Waals surface area contributed by atoms with E-state index in [1.165, 1.54) is 0 Å². The highest BCUT2D eigenvalue weighted by molar-refractivity contribution is 5.91. The topological polar surface area (TPSA) is 92.4 Å². The lowest BCUT2D eigenvalue weighted by molar-refractivity contribution is 0.0734. The molecule has 0 atom stereocenters. The number of aromatic nitrogens is 6. The standard InChI is InChI=1S/C16H18N8O/c1-11-9-12(2)24-16(19-11)20-14(21-24)15(25)23-7-5-22(6-8-23)13-10-17-3-4-18-13/h3-4,9-10H,5-8H2,1-2H3. The molecule has 0 unspecified atom stereocenters. The Kier molecular flexibility index (Phi) is 3.75. The van der Waals surface area contributed by atoms with Gasteiger partial charge in [0.2, 0.25) is 5.82 Å². The molecule has 1 amide bonds. The second-order valence-electron chi connectivity index (χ2n) is 6.03. The normalized spacial score (nSPS) is 15.0. The minimum Gasteiger partial charge on any atom is -0.352 e. The molecule has 0 aliphatic carbocycles. The molecule has 0 radical (unpaired) electrons. The first-order valence-corrected chi connectivity index (χ1v) is 8.13. The largest absolute Gasteiger partial charge is 0.352 e. The fourth-order valence-electron chi connectivity index (χ4n) is 2.99. The molecule has 0 spiro atoms. The maximum atomic E-state index is 12.7. The average Bonchev–Trinajstić information content (AvgIpc) is 3.06. The van der Waals surface area contributed by atoms with Crippen LogP contribution in [-0.4, -0.2) is 66.5 Å². The van der Waals surface area contributed by atoms with Gasteiger partial charge in [-0.25, -0.2) is 14.5 Å². The molecule has 0 aromatic carbocycles. The lowest BCUT2D eigenvalue weighted by Crippen LogP contribution is -2.49. The van der Waals surface area contributed by atoms with Crippen molar-refractivity contribution in [2.45, 2.75) is 13.8 Å². The molecule has 128 valence electrons. The zero-order chi connectivity index (χ0) is 17.4. The summed E-state index contributed by atoms with van der Waals surface area (Å²) in [5, 5.41) is 4.32. The summed E-state index contributed by atoms with van der Waals surface area (Å²) < 4.78 is 1.61. The third kappa shape index (κ3) is 2.88.